The number of amides is 1. The Morgan fingerprint density at radius 3 is 2.60 bits per heavy atom. The van der Waals surface area contributed by atoms with Crippen LogP contribution in [0.5, 0.6) is 5.88 Å². The Labute approximate surface area is 188 Å². The highest BCUT2D eigenvalue weighted by Crippen LogP contribution is 2.43. The van der Waals surface area contributed by atoms with Crippen LogP contribution < -0.4 is 9.64 Å². The minimum Gasteiger partial charge on any atom is -0.447 e. The van der Waals surface area contributed by atoms with Crippen molar-refractivity contribution in [3.05, 3.63) is 58.6 Å². The molecule has 0 N–H and O–H groups in total. The molecule has 1 aliphatic heterocycles. The molecule has 0 saturated heterocycles. The minimum absolute atomic E-state index is 0.134. The van der Waals surface area contributed by atoms with Crippen molar-refractivity contribution in [3.63, 3.8) is 0 Å². The number of aromatic nitrogens is 3. The van der Waals surface area contributed by atoms with Crippen molar-refractivity contribution < 1.29 is 9.53 Å². The van der Waals surface area contributed by atoms with Gasteiger partial charge in [0.05, 0.1) is 5.69 Å². The van der Waals surface area contributed by atoms with E-state index in [0.717, 1.165) is 27.0 Å². The maximum atomic E-state index is 12.7. The van der Waals surface area contributed by atoms with E-state index < -0.39 is 6.23 Å². The Hall–Kier alpha value is -2.45. The van der Waals surface area contributed by atoms with E-state index in [2.05, 4.69) is 45.0 Å². The molecule has 2 heterocycles. The molecule has 0 fully saturated rings. The Balaban J connectivity index is 1.86. The Morgan fingerprint density at radius 1 is 1.17 bits per heavy atom. The summed E-state index contributed by atoms with van der Waals surface area (Å²) in [5.74, 6) is 1.63. The van der Waals surface area contributed by atoms with Crippen LogP contribution in [0, 0.1) is 5.92 Å². The van der Waals surface area contributed by atoms with Crippen molar-refractivity contribution in [3.8, 4) is 17.1 Å². The molecule has 3 aromatic rings. The molecule has 1 atom stereocenters. The van der Waals surface area contributed by atoms with Crippen LogP contribution in [0.25, 0.3) is 11.3 Å². The van der Waals surface area contributed by atoms with Crippen LogP contribution in [-0.4, -0.2) is 26.8 Å². The van der Waals surface area contributed by atoms with Gasteiger partial charge in [-0.3, -0.25) is 9.69 Å². The molecule has 1 aliphatic rings. The number of thioether (sulfide) groups is 1. The van der Waals surface area contributed by atoms with Gasteiger partial charge in [-0.05, 0) is 24.1 Å². The first-order chi connectivity index (χ1) is 14.4. The Bertz CT molecular complexity index is 1070. The van der Waals surface area contributed by atoms with Crippen LogP contribution in [0.4, 0.5) is 5.69 Å². The summed E-state index contributed by atoms with van der Waals surface area (Å²) in [7, 11) is 0. The van der Waals surface area contributed by atoms with Crippen molar-refractivity contribution in [1.29, 1.82) is 0 Å². The van der Waals surface area contributed by atoms with Crippen LogP contribution >= 0.6 is 27.7 Å². The lowest BCUT2D eigenvalue weighted by Crippen LogP contribution is -2.36. The minimum atomic E-state index is -0.669. The number of fused-ring (bicyclic) bond motifs is 3. The topological polar surface area (TPSA) is 68.2 Å². The summed E-state index contributed by atoms with van der Waals surface area (Å²) < 4.78 is 7.30. The molecule has 0 aliphatic carbocycles. The lowest BCUT2D eigenvalue weighted by molar-refractivity contribution is -0.118. The number of anilines is 1. The lowest BCUT2D eigenvalue weighted by atomic mass is 10.1. The molecule has 4 rings (SSSR count). The van der Waals surface area contributed by atoms with E-state index >= 15 is 0 Å². The second-order valence-corrected chi connectivity index (χ2v) is 9.28. The van der Waals surface area contributed by atoms with Crippen LogP contribution in [0.1, 0.15) is 32.6 Å². The Morgan fingerprint density at radius 2 is 1.90 bits per heavy atom. The zero-order valence-electron chi connectivity index (χ0n) is 16.9. The molecule has 30 heavy (non-hydrogen) atoms. The van der Waals surface area contributed by atoms with Crippen LogP contribution in [0.2, 0.25) is 0 Å². The fraction of sp³-hybridized carbons (Fsp3) is 0.273. The first kappa shape index (κ1) is 20.8. The van der Waals surface area contributed by atoms with Gasteiger partial charge in [0.25, 0.3) is 0 Å². The van der Waals surface area contributed by atoms with E-state index in [4.69, 9.17) is 4.74 Å². The quantitative estimate of drug-likeness (QED) is 0.455. The van der Waals surface area contributed by atoms with Crippen LogP contribution in [0.3, 0.4) is 0 Å². The van der Waals surface area contributed by atoms with E-state index in [9.17, 15) is 4.79 Å². The van der Waals surface area contributed by atoms with E-state index in [0.29, 0.717) is 22.6 Å². The summed E-state index contributed by atoms with van der Waals surface area (Å²) in [4.78, 5) is 19.0. The average molecular weight is 485 g/mol. The number of rotatable bonds is 4. The maximum absolute atomic E-state index is 12.7. The molecular formula is C22H21BrN4O2S. The largest absolute Gasteiger partial charge is 0.447 e. The zero-order valence-corrected chi connectivity index (χ0v) is 19.3. The summed E-state index contributed by atoms with van der Waals surface area (Å²) in [5.41, 5.74) is 2.86. The number of benzene rings is 2. The maximum Gasteiger partial charge on any atom is 0.247 e. The molecule has 154 valence electrons. The molecule has 8 heteroatoms. The SMILES string of the molecule is CC(=O)N1c2ccccc2-c2nnc(SCC(C)C)nc2O[C@H]1c1ccc(Br)cc1. The molecule has 1 aromatic heterocycles. The monoisotopic (exact) mass is 484 g/mol. The number of halogens is 1. The second-order valence-electron chi connectivity index (χ2n) is 7.38. The second kappa shape index (κ2) is 8.73. The number of ether oxygens (including phenoxy) is 1. The van der Waals surface area contributed by atoms with Crippen molar-refractivity contribution in [2.24, 2.45) is 5.92 Å². The molecule has 0 saturated carbocycles. The van der Waals surface area contributed by atoms with Crippen LogP contribution in [0.15, 0.2) is 58.2 Å². The van der Waals surface area contributed by atoms with Crippen molar-refractivity contribution in [2.45, 2.75) is 32.2 Å². The number of para-hydroxylation sites is 1. The highest BCUT2D eigenvalue weighted by Gasteiger charge is 2.34. The van der Waals surface area contributed by atoms with Gasteiger partial charge < -0.3 is 4.74 Å². The first-order valence-corrected chi connectivity index (χ1v) is 11.4. The van der Waals surface area contributed by atoms with Crippen LogP contribution in [-0.2, 0) is 4.79 Å². The van der Waals surface area contributed by atoms with Gasteiger partial charge in [0.2, 0.25) is 23.2 Å². The van der Waals surface area contributed by atoms with Gasteiger partial charge in [-0.15, -0.1) is 10.2 Å². The van der Waals surface area contributed by atoms with Crippen molar-refractivity contribution in [1.82, 2.24) is 15.2 Å². The third-order valence-electron chi connectivity index (χ3n) is 4.55. The number of hydrogen-bond acceptors (Lipinski definition) is 6. The third-order valence-corrected chi connectivity index (χ3v) is 6.35. The van der Waals surface area contributed by atoms with Gasteiger partial charge in [0, 0.05) is 28.3 Å². The highest BCUT2D eigenvalue weighted by atomic mass is 79.9. The fourth-order valence-corrected chi connectivity index (χ4v) is 4.19. The predicted octanol–water partition coefficient (Wildman–Crippen LogP) is 5.49. The normalized spacial score (nSPS) is 15.2. The highest BCUT2D eigenvalue weighted by molar-refractivity contribution is 9.10. The number of hydrogen-bond donors (Lipinski definition) is 0. The molecule has 0 bridgehead atoms. The van der Waals surface area contributed by atoms with Gasteiger partial charge in [-0.25, -0.2) is 0 Å². The van der Waals surface area contributed by atoms with Gasteiger partial charge >= 0.3 is 0 Å². The smallest absolute Gasteiger partial charge is 0.247 e. The standard InChI is InChI=1S/C22H21BrN4O2S/c1-13(2)12-30-22-24-20-19(25-26-22)17-6-4-5-7-18(17)27(14(3)28)21(29-20)15-8-10-16(23)11-9-15/h4-11,13,21H,12H2,1-3H3/t21-/m0/s1. The van der Waals surface area contributed by atoms with E-state index in [-0.39, 0.29) is 5.91 Å². The molecule has 6 nitrogen and oxygen atoms in total. The summed E-state index contributed by atoms with van der Waals surface area (Å²) in [5, 5.41) is 9.29. The first-order valence-electron chi connectivity index (χ1n) is 9.63. The average Bonchev–Trinajstić information content (AvgIpc) is 2.87. The number of carbonyl (C=O) groups is 1. The molecule has 1 amide bonds. The number of nitrogens with zero attached hydrogens (tertiary/aromatic N) is 4. The summed E-state index contributed by atoms with van der Waals surface area (Å²) >= 11 is 5.01. The number of carbonyl (C=O) groups excluding carboxylic acids is 1. The van der Waals surface area contributed by atoms with E-state index in [1.807, 2.05) is 48.5 Å². The van der Waals surface area contributed by atoms with Gasteiger partial charge in [0.15, 0.2) is 5.69 Å². The third kappa shape index (κ3) is 4.20. The summed E-state index contributed by atoms with van der Waals surface area (Å²) in [6.45, 7) is 5.82. The lowest BCUT2D eigenvalue weighted by Gasteiger charge is -2.29. The van der Waals surface area contributed by atoms with Gasteiger partial charge in [0.1, 0.15) is 0 Å². The molecular weight excluding hydrogens is 464 g/mol. The molecule has 0 unspecified atom stereocenters. The van der Waals surface area contributed by atoms with Crippen molar-refractivity contribution >= 4 is 39.3 Å². The summed E-state index contributed by atoms with van der Waals surface area (Å²) in [6.07, 6.45) is -0.669. The molecule has 0 spiro atoms. The molecule has 0 radical (unpaired) electrons. The van der Waals surface area contributed by atoms with E-state index in [1.54, 1.807) is 16.7 Å². The van der Waals surface area contributed by atoms with E-state index in [1.165, 1.54) is 6.92 Å². The predicted molar refractivity (Wildman–Crippen MR) is 121 cm³/mol. The van der Waals surface area contributed by atoms with Gasteiger partial charge in [-0.2, -0.15) is 4.98 Å². The Kier molecular flexibility index (Phi) is 6.06. The molecule has 2 aromatic carbocycles. The zero-order chi connectivity index (χ0) is 21.3. The van der Waals surface area contributed by atoms with Crippen molar-refractivity contribution in [2.75, 3.05) is 10.7 Å². The fourth-order valence-electron chi connectivity index (χ4n) is 3.20. The van der Waals surface area contributed by atoms with Gasteiger partial charge in [-0.1, -0.05) is 71.9 Å². The summed E-state index contributed by atoms with van der Waals surface area (Å²) in [6, 6.07) is 15.3.